The van der Waals surface area contributed by atoms with Crippen molar-refractivity contribution in [2.45, 2.75) is 81.9 Å². The first-order chi connectivity index (χ1) is 20.6. The maximum absolute atomic E-state index is 14.4. The Kier molecular flexibility index (Phi) is 2.52. The molecule has 0 aromatic carbocycles. The zero-order chi connectivity index (χ0) is 35.2. The quantitative estimate of drug-likeness (QED) is 0.631. The molecule has 5 rings (SSSR count). The minimum absolute atomic E-state index is 0.0715. The van der Waals surface area contributed by atoms with Gasteiger partial charge in [0.25, 0.3) is 0 Å². The molecule has 8 atom stereocenters. The maximum Gasteiger partial charge on any atom is 0.345 e. The van der Waals surface area contributed by atoms with Crippen molar-refractivity contribution in [3.05, 3.63) is 23.4 Å². The van der Waals surface area contributed by atoms with E-state index in [1.165, 1.54) is 13.0 Å². The summed E-state index contributed by atoms with van der Waals surface area (Å²) in [4.78, 5) is 14.6. The van der Waals surface area contributed by atoms with Gasteiger partial charge < -0.3 is 19.6 Å². The first-order valence-corrected chi connectivity index (χ1v) is 9.58. The van der Waals surface area contributed by atoms with Crippen molar-refractivity contribution in [1.82, 2.24) is 15.1 Å². The molecule has 4 fully saturated rings. The highest BCUT2D eigenvalue weighted by molar-refractivity contribution is 5.80. The van der Waals surface area contributed by atoms with Gasteiger partial charge in [0.1, 0.15) is 13.7 Å². The molecule has 0 spiro atoms. The molecule has 3 heterocycles. The molecule has 6 nitrogen and oxygen atoms in total. The first kappa shape index (κ1) is 9.90. The average molecular weight is 449 g/mol. The zero-order valence-electron chi connectivity index (χ0n) is 31.2. The number of amides is 1. The van der Waals surface area contributed by atoms with E-state index in [0.29, 0.717) is 4.90 Å². The summed E-state index contributed by atoms with van der Waals surface area (Å²) in [6.07, 6.45) is -20.0. The second-order valence-corrected chi connectivity index (χ2v) is 7.46. The highest BCUT2D eigenvalue weighted by atomic mass is 19.3. The minimum atomic E-state index is -4.16. The van der Waals surface area contributed by atoms with Crippen LogP contribution in [0.4, 0.5) is 8.78 Å². The van der Waals surface area contributed by atoms with Crippen LogP contribution in [0.5, 0.6) is 0 Å². The number of aliphatic hydroxyl groups is 1. The number of halogens is 2. The number of ether oxygens (including phenoxy) is 1. The predicted molar refractivity (Wildman–Crippen MR) is 109 cm³/mol. The zero-order valence-corrected chi connectivity index (χ0v) is 16.2. The molecule has 31 heavy (non-hydrogen) atoms. The molecule has 8 heteroatoms. The third kappa shape index (κ3) is 3.47. The minimum Gasteiger partial charge on any atom is -0.381 e. The molecule has 2 N–H and O–H groups in total. The Balaban J connectivity index is 1.93. The van der Waals surface area contributed by atoms with Gasteiger partial charge in [0.05, 0.1) is 23.6 Å². The summed E-state index contributed by atoms with van der Waals surface area (Å²) in [6, 6.07) is -7.86. The fourth-order valence-corrected chi connectivity index (χ4v) is 4.30. The molecule has 2 aliphatic carbocycles. The van der Waals surface area contributed by atoms with Gasteiger partial charge in [-0.1, -0.05) is 24.3 Å². The van der Waals surface area contributed by atoms with Crippen LogP contribution in [-0.2, 0) is 9.53 Å². The van der Waals surface area contributed by atoms with Gasteiger partial charge in [0.15, 0.2) is 0 Å². The number of alkyl halides is 2. The van der Waals surface area contributed by atoms with Crippen molar-refractivity contribution in [3.63, 3.8) is 0 Å². The summed E-state index contributed by atoms with van der Waals surface area (Å²) in [5.41, 5.74) is -0.368. The fraction of sp³-hybridized carbons (Fsp3) is 0.696. The lowest BCUT2D eigenvalue weighted by molar-refractivity contribution is -0.198. The molecule has 5 aliphatic rings. The van der Waals surface area contributed by atoms with Crippen molar-refractivity contribution >= 4 is 5.91 Å². The lowest BCUT2D eigenvalue weighted by Crippen LogP contribution is -2.56. The highest BCUT2D eigenvalue weighted by Crippen LogP contribution is 2.50. The molecule has 3 saturated heterocycles. The van der Waals surface area contributed by atoms with E-state index >= 15 is 0 Å². The molecular weight excluding hydrogens is 404 g/mol. The van der Waals surface area contributed by atoms with E-state index in [9.17, 15) is 24.2 Å². The topological polar surface area (TPSA) is 65.0 Å². The van der Waals surface area contributed by atoms with Gasteiger partial charge in [0, 0.05) is 49.8 Å². The molecule has 168 valence electrons. The maximum atomic E-state index is 14.4. The number of hydrogen-bond acceptors (Lipinski definition) is 5. The van der Waals surface area contributed by atoms with E-state index in [1.807, 2.05) is 0 Å². The Morgan fingerprint density at radius 2 is 2.35 bits per heavy atom. The number of carbonyl (C=O) groups excluding carboxylic acids is 1. The summed E-state index contributed by atoms with van der Waals surface area (Å²) in [7, 11) is 0. The molecule has 1 saturated carbocycles. The summed E-state index contributed by atoms with van der Waals surface area (Å²) in [5, 5.41) is 9.81. The number of allylic oxidation sites excluding steroid dienone is 2. The van der Waals surface area contributed by atoms with Gasteiger partial charge in [-0.2, -0.15) is 8.78 Å². The number of carbonyl (C=O) groups is 1. The van der Waals surface area contributed by atoms with Gasteiger partial charge in [-0.15, -0.1) is 0 Å². The molecule has 5 unspecified atom stereocenters. The predicted octanol–water partition coefficient (Wildman–Crippen LogP) is 1.82. The number of aliphatic hydroxyl groups excluding tert-OH is 1. The van der Waals surface area contributed by atoms with Gasteiger partial charge in [-0.3, -0.25) is 10.1 Å². The molecule has 2 bridgehead atoms. The van der Waals surface area contributed by atoms with Crippen molar-refractivity contribution < 1.29 is 44.0 Å². The average Bonchev–Trinajstić information content (AvgIpc) is 3.18. The van der Waals surface area contributed by atoms with Crippen LogP contribution in [0.1, 0.15) is 58.1 Å². The molecule has 0 radical (unpaired) electrons. The Morgan fingerprint density at radius 3 is 3.10 bits per heavy atom. The van der Waals surface area contributed by atoms with Crippen LogP contribution in [0.25, 0.3) is 0 Å². The molecule has 0 aromatic rings. The lowest BCUT2D eigenvalue weighted by Gasteiger charge is -2.45. The molecular formula is C23H29F2N3O3. The largest absolute Gasteiger partial charge is 0.381 e. The fourth-order valence-electron chi connectivity index (χ4n) is 4.30. The molecule has 1 amide bonds. The van der Waals surface area contributed by atoms with Crippen LogP contribution in [0.3, 0.4) is 0 Å². The summed E-state index contributed by atoms with van der Waals surface area (Å²) < 4.78 is 164. The van der Waals surface area contributed by atoms with Crippen LogP contribution in [0, 0.1) is 23.7 Å². The van der Waals surface area contributed by atoms with Gasteiger partial charge in [-0.05, 0) is 38.6 Å². The standard InChI is InChI=1S/C23H29F2N3O3/c1-12(29)6-7-13-8-9-15-16(10-13)28-17-11-18(21(28)26-15)27(2)22(30)14-4-3-5-19(20(14)17)31-23(24)25/h8,10,12,14-15,17-21,23,26,29H,3-5,9,11H2,1-2H3/t12-,14?,15?,17-,18-,19?,20?,21?/m1/s1/i2D3,3D2,4D2,5D2,14D,15D,18D,19D,21D/hD. The van der Waals surface area contributed by atoms with Crippen LogP contribution in [0.15, 0.2) is 23.4 Å². The Labute approximate surface area is 202 Å². The van der Waals surface area contributed by atoms with Crippen LogP contribution in [0.2, 0.25) is 1.41 Å². The van der Waals surface area contributed by atoms with Gasteiger partial charge in [-0.25, -0.2) is 0 Å². The Morgan fingerprint density at radius 1 is 1.52 bits per heavy atom. The van der Waals surface area contributed by atoms with E-state index in [0.717, 1.165) is 6.08 Å². The van der Waals surface area contributed by atoms with E-state index < -0.39 is 105 Å². The molecule has 0 aromatic heterocycles. The number of nitrogens with zero attached hydrogens (tertiary/aromatic N) is 2. The van der Waals surface area contributed by atoms with E-state index in [4.69, 9.17) is 15.1 Å². The Hall–Kier alpha value is -1.95. The molecule has 3 aliphatic heterocycles. The number of likely N-dealkylation sites (tertiary alicyclic amines) is 1. The SMILES string of the molecule is [2H]N1C2([2H])CC=C(C#C[C@@H](C)O)C=C2N2[C@@H]3C[C@@]([2H])(N(C([2H])([2H])[2H])C(=O)C4([2H])C3C([2H])(OC(F)F)C([2H])([2H])C([2H])([2H])C4([2H])[2H])C21[2H]. The number of rotatable bonds is 2. The van der Waals surface area contributed by atoms with Crippen molar-refractivity contribution in [2.24, 2.45) is 11.8 Å². The smallest absolute Gasteiger partial charge is 0.345 e. The normalized spacial score (nSPS) is 64.5. The highest BCUT2D eigenvalue weighted by Gasteiger charge is 2.60. The van der Waals surface area contributed by atoms with E-state index in [1.54, 1.807) is 0 Å². The van der Waals surface area contributed by atoms with Gasteiger partial charge >= 0.3 is 6.61 Å². The summed E-state index contributed by atoms with van der Waals surface area (Å²) in [5.74, 6) is -4.10. The lowest BCUT2D eigenvalue weighted by atomic mass is 9.72. The number of nitrogens with one attached hydrogen (secondary N) is 1. The van der Waals surface area contributed by atoms with Crippen LogP contribution in [-0.4, -0.2) is 70.8 Å². The first-order valence-electron chi connectivity index (χ1n) is 17.0. The van der Waals surface area contributed by atoms with Crippen molar-refractivity contribution in [2.75, 3.05) is 6.98 Å². The van der Waals surface area contributed by atoms with Crippen molar-refractivity contribution in [1.29, 1.82) is 0 Å². The van der Waals surface area contributed by atoms with Crippen LogP contribution < -0.4 is 5.31 Å². The van der Waals surface area contributed by atoms with Crippen LogP contribution >= 0.6 is 0 Å². The van der Waals surface area contributed by atoms with E-state index in [-0.39, 0.29) is 15.8 Å². The summed E-state index contributed by atoms with van der Waals surface area (Å²) in [6.45, 7) is -6.59. The third-order valence-electron chi connectivity index (χ3n) is 5.53. The number of hydrogen-bond donors (Lipinski definition) is 2. The van der Waals surface area contributed by atoms with E-state index in [2.05, 4.69) is 16.6 Å². The van der Waals surface area contributed by atoms with Gasteiger partial charge in [0.2, 0.25) is 5.91 Å². The third-order valence-corrected chi connectivity index (χ3v) is 5.53. The van der Waals surface area contributed by atoms with Crippen molar-refractivity contribution in [3.8, 4) is 11.8 Å². The second kappa shape index (κ2) is 7.88. The second-order valence-electron chi connectivity index (χ2n) is 7.46. The summed E-state index contributed by atoms with van der Waals surface area (Å²) >= 11 is 0. The Bertz CT molecular complexity index is 1500. The number of likely N-dealkylation sites (N-methyl/N-ethyl adjacent to an activating group) is 1. The number of fused-ring (bicyclic) bond motifs is 9. The monoisotopic (exact) mass is 448 g/mol.